The van der Waals surface area contributed by atoms with Gasteiger partial charge in [-0.15, -0.1) is 16.4 Å². The SMILES string of the molecule is COC(=O)c1c(NC(=O)CSc2n[nH]c(N)n2)sc2c1CCCC2. The van der Waals surface area contributed by atoms with E-state index < -0.39 is 5.97 Å². The second kappa shape index (κ2) is 7.22. The van der Waals surface area contributed by atoms with Gasteiger partial charge in [0.15, 0.2) is 0 Å². The molecule has 4 N–H and O–H groups in total. The zero-order valence-corrected chi connectivity index (χ0v) is 14.7. The van der Waals surface area contributed by atoms with Crippen LogP contribution in [-0.2, 0) is 22.4 Å². The van der Waals surface area contributed by atoms with E-state index in [0.29, 0.717) is 15.7 Å². The summed E-state index contributed by atoms with van der Waals surface area (Å²) in [5, 5.41) is 10.2. The number of hydrogen-bond donors (Lipinski definition) is 3. The smallest absolute Gasteiger partial charge is 0.341 e. The molecule has 10 heteroatoms. The van der Waals surface area contributed by atoms with Crippen molar-refractivity contribution in [3.8, 4) is 0 Å². The summed E-state index contributed by atoms with van der Waals surface area (Å²) in [6.45, 7) is 0. The number of nitrogen functional groups attached to an aromatic ring is 1. The first kappa shape index (κ1) is 16.8. The van der Waals surface area contributed by atoms with Crippen LogP contribution in [0.3, 0.4) is 0 Å². The molecule has 24 heavy (non-hydrogen) atoms. The molecule has 0 bridgehead atoms. The van der Waals surface area contributed by atoms with Crippen molar-refractivity contribution in [1.29, 1.82) is 0 Å². The number of aromatic amines is 1. The molecular weight excluding hydrogens is 350 g/mol. The molecule has 3 rings (SSSR count). The fraction of sp³-hybridized carbons (Fsp3) is 0.429. The number of nitrogens with zero attached hydrogens (tertiary/aromatic N) is 2. The molecule has 0 radical (unpaired) electrons. The number of ether oxygens (including phenoxy) is 1. The van der Waals surface area contributed by atoms with Gasteiger partial charge in [0, 0.05) is 4.88 Å². The highest BCUT2D eigenvalue weighted by atomic mass is 32.2. The Bertz CT molecular complexity index is 771. The lowest BCUT2D eigenvalue weighted by Gasteiger charge is -2.11. The van der Waals surface area contributed by atoms with Crippen LogP contribution in [0, 0.1) is 0 Å². The van der Waals surface area contributed by atoms with E-state index in [-0.39, 0.29) is 17.6 Å². The molecule has 8 nitrogen and oxygen atoms in total. The number of thiophene rings is 1. The van der Waals surface area contributed by atoms with Crippen molar-refractivity contribution in [2.24, 2.45) is 0 Å². The van der Waals surface area contributed by atoms with E-state index in [1.165, 1.54) is 30.2 Å². The summed E-state index contributed by atoms with van der Waals surface area (Å²) in [6.07, 6.45) is 3.93. The van der Waals surface area contributed by atoms with Crippen molar-refractivity contribution in [3.05, 3.63) is 16.0 Å². The monoisotopic (exact) mass is 367 g/mol. The number of nitrogens with two attached hydrogens (primary N) is 1. The second-order valence-electron chi connectivity index (χ2n) is 5.25. The number of rotatable bonds is 5. The predicted octanol–water partition coefficient (Wildman–Crippen LogP) is 1.84. The lowest BCUT2D eigenvalue weighted by Crippen LogP contribution is -2.16. The average molecular weight is 367 g/mol. The number of carbonyl (C=O) groups excluding carboxylic acids is 2. The third-order valence-corrected chi connectivity index (χ3v) is 5.68. The molecule has 0 fully saturated rings. The van der Waals surface area contributed by atoms with Gasteiger partial charge in [-0.2, -0.15) is 4.98 Å². The van der Waals surface area contributed by atoms with Gasteiger partial charge in [-0.3, -0.25) is 4.79 Å². The van der Waals surface area contributed by atoms with Crippen molar-refractivity contribution < 1.29 is 14.3 Å². The summed E-state index contributed by atoms with van der Waals surface area (Å²) in [4.78, 5) is 29.4. The molecule has 2 aromatic heterocycles. The number of hydrogen-bond acceptors (Lipinski definition) is 8. The molecule has 0 atom stereocenters. The molecule has 2 heterocycles. The Morgan fingerprint density at radius 1 is 1.42 bits per heavy atom. The second-order valence-corrected chi connectivity index (χ2v) is 7.29. The molecule has 0 unspecified atom stereocenters. The molecule has 2 aromatic rings. The van der Waals surface area contributed by atoms with Crippen LogP contribution in [0.25, 0.3) is 0 Å². The van der Waals surface area contributed by atoms with Crippen LogP contribution in [0.1, 0.15) is 33.6 Å². The molecule has 1 aliphatic rings. The van der Waals surface area contributed by atoms with Crippen LogP contribution in [0.5, 0.6) is 0 Å². The van der Waals surface area contributed by atoms with E-state index in [1.54, 1.807) is 0 Å². The number of nitrogens with one attached hydrogen (secondary N) is 2. The lowest BCUT2D eigenvalue weighted by atomic mass is 9.95. The van der Waals surface area contributed by atoms with Gasteiger partial charge in [0.1, 0.15) is 5.00 Å². The number of thioether (sulfide) groups is 1. The Hall–Kier alpha value is -2.07. The minimum atomic E-state index is -0.404. The quantitative estimate of drug-likeness (QED) is 0.544. The zero-order chi connectivity index (χ0) is 17.1. The summed E-state index contributed by atoms with van der Waals surface area (Å²) >= 11 is 2.63. The van der Waals surface area contributed by atoms with Crippen LogP contribution >= 0.6 is 23.1 Å². The number of esters is 1. The van der Waals surface area contributed by atoms with Crippen molar-refractivity contribution >= 4 is 45.9 Å². The molecule has 0 spiro atoms. The topological polar surface area (TPSA) is 123 Å². The number of amides is 1. The summed E-state index contributed by atoms with van der Waals surface area (Å²) in [7, 11) is 1.35. The number of anilines is 2. The highest BCUT2D eigenvalue weighted by molar-refractivity contribution is 7.99. The van der Waals surface area contributed by atoms with Crippen LogP contribution < -0.4 is 11.1 Å². The third-order valence-electron chi connectivity index (χ3n) is 3.63. The average Bonchev–Trinajstić information content (AvgIpc) is 3.15. The number of fused-ring (bicyclic) bond motifs is 1. The predicted molar refractivity (Wildman–Crippen MR) is 92.4 cm³/mol. The number of methoxy groups -OCH3 is 1. The highest BCUT2D eigenvalue weighted by Crippen LogP contribution is 2.38. The van der Waals surface area contributed by atoms with Crippen LogP contribution in [-0.4, -0.2) is 39.9 Å². The largest absolute Gasteiger partial charge is 0.465 e. The van der Waals surface area contributed by atoms with Gasteiger partial charge in [-0.1, -0.05) is 11.8 Å². The molecule has 1 aliphatic carbocycles. The Kier molecular flexibility index (Phi) is 5.05. The molecule has 0 aliphatic heterocycles. The van der Waals surface area contributed by atoms with Gasteiger partial charge < -0.3 is 15.8 Å². The Morgan fingerprint density at radius 2 is 2.21 bits per heavy atom. The lowest BCUT2D eigenvalue weighted by molar-refractivity contribution is -0.113. The van der Waals surface area contributed by atoms with Crippen molar-refractivity contribution in [3.63, 3.8) is 0 Å². The first-order valence-corrected chi connectivity index (χ1v) is 9.22. The zero-order valence-electron chi connectivity index (χ0n) is 13.0. The first-order chi connectivity index (χ1) is 11.6. The summed E-state index contributed by atoms with van der Waals surface area (Å²) < 4.78 is 4.89. The third kappa shape index (κ3) is 3.54. The van der Waals surface area contributed by atoms with Gasteiger partial charge in [0.05, 0.1) is 18.4 Å². The van der Waals surface area contributed by atoms with Crippen molar-refractivity contribution in [2.75, 3.05) is 23.9 Å². The summed E-state index contributed by atoms with van der Waals surface area (Å²) in [5.41, 5.74) is 6.95. The van der Waals surface area contributed by atoms with Gasteiger partial charge in [-0.25, -0.2) is 9.89 Å². The summed E-state index contributed by atoms with van der Waals surface area (Å²) in [6, 6.07) is 0. The Morgan fingerprint density at radius 3 is 2.92 bits per heavy atom. The molecule has 0 saturated carbocycles. The molecule has 128 valence electrons. The van der Waals surface area contributed by atoms with E-state index in [9.17, 15) is 9.59 Å². The van der Waals surface area contributed by atoms with Gasteiger partial charge in [0.2, 0.25) is 17.0 Å². The molecule has 0 saturated heterocycles. The van der Waals surface area contributed by atoms with Crippen molar-refractivity contribution in [2.45, 2.75) is 30.8 Å². The minimum Gasteiger partial charge on any atom is -0.465 e. The maximum Gasteiger partial charge on any atom is 0.341 e. The molecule has 1 amide bonds. The number of aryl methyl sites for hydroxylation is 1. The number of H-pyrrole nitrogens is 1. The number of aromatic nitrogens is 3. The maximum atomic E-state index is 12.2. The fourth-order valence-corrected chi connectivity index (χ4v) is 4.49. The van der Waals surface area contributed by atoms with Gasteiger partial charge in [0.25, 0.3) is 0 Å². The van der Waals surface area contributed by atoms with E-state index in [4.69, 9.17) is 10.5 Å². The van der Waals surface area contributed by atoms with E-state index in [0.717, 1.165) is 36.1 Å². The Labute approximate surface area is 146 Å². The number of carbonyl (C=O) groups is 2. The van der Waals surface area contributed by atoms with Gasteiger partial charge in [-0.05, 0) is 31.2 Å². The van der Waals surface area contributed by atoms with E-state index in [1.807, 2.05) is 0 Å². The molecular formula is C14H17N5O3S2. The van der Waals surface area contributed by atoms with Crippen LogP contribution in [0.15, 0.2) is 5.16 Å². The van der Waals surface area contributed by atoms with Crippen LogP contribution in [0.2, 0.25) is 0 Å². The fourth-order valence-electron chi connectivity index (χ4n) is 2.59. The van der Waals surface area contributed by atoms with Crippen LogP contribution in [0.4, 0.5) is 10.9 Å². The first-order valence-electron chi connectivity index (χ1n) is 7.42. The maximum absolute atomic E-state index is 12.2. The molecule has 0 aromatic carbocycles. The Balaban J connectivity index is 1.72. The van der Waals surface area contributed by atoms with Crippen molar-refractivity contribution in [1.82, 2.24) is 15.2 Å². The van der Waals surface area contributed by atoms with E-state index >= 15 is 0 Å². The minimum absolute atomic E-state index is 0.125. The standard InChI is InChI=1S/C14H17N5O3S2/c1-22-12(21)10-7-4-2-3-5-8(7)24-11(10)16-9(20)6-23-14-17-13(15)18-19-14/h2-6H2,1H3,(H,16,20)(H3,15,17,18,19). The summed E-state index contributed by atoms with van der Waals surface area (Å²) in [5.74, 6) is -0.302. The van der Waals surface area contributed by atoms with Gasteiger partial charge >= 0.3 is 5.97 Å². The van der Waals surface area contributed by atoms with E-state index in [2.05, 4.69) is 20.5 Å². The highest BCUT2D eigenvalue weighted by Gasteiger charge is 2.26. The normalized spacial score (nSPS) is 13.4.